The summed E-state index contributed by atoms with van der Waals surface area (Å²) in [5, 5.41) is 13.4. The SMILES string of the molecule is CN1C/C=C/c2cnc(NC(=O)c3ccc(CC=N)cc3)cc2NCCC1. The maximum atomic E-state index is 12.5. The highest BCUT2D eigenvalue weighted by molar-refractivity contribution is 6.04. The van der Waals surface area contributed by atoms with Crippen molar-refractivity contribution < 1.29 is 4.79 Å². The van der Waals surface area contributed by atoms with E-state index in [1.165, 1.54) is 6.21 Å². The summed E-state index contributed by atoms with van der Waals surface area (Å²) in [6.07, 6.45) is 8.94. The fourth-order valence-electron chi connectivity index (χ4n) is 2.94. The van der Waals surface area contributed by atoms with Crippen LogP contribution in [0.1, 0.15) is 27.9 Å². The van der Waals surface area contributed by atoms with E-state index >= 15 is 0 Å². The van der Waals surface area contributed by atoms with E-state index in [1.807, 2.05) is 18.2 Å². The molecule has 3 N–H and O–H groups in total. The van der Waals surface area contributed by atoms with Crippen molar-refractivity contribution in [1.82, 2.24) is 9.88 Å². The maximum Gasteiger partial charge on any atom is 0.256 e. The molecule has 2 heterocycles. The number of nitrogens with zero attached hydrogens (tertiary/aromatic N) is 2. The molecule has 6 nitrogen and oxygen atoms in total. The van der Waals surface area contributed by atoms with Gasteiger partial charge in [0.2, 0.25) is 0 Å². The predicted octanol–water partition coefficient (Wildman–Crippen LogP) is 3.29. The topological polar surface area (TPSA) is 81.1 Å². The summed E-state index contributed by atoms with van der Waals surface area (Å²) in [7, 11) is 2.11. The summed E-state index contributed by atoms with van der Waals surface area (Å²) < 4.78 is 0. The van der Waals surface area contributed by atoms with E-state index in [9.17, 15) is 4.79 Å². The van der Waals surface area contributed by atoms with Crippen LogP contribution in [0.4, 0.5) is 11.5 Å². The number of hydrogen-bond acceptors (Lipinski definition) is 5. The summed E-state index contributed by atoms with van der Waals surface area (Å²) >= 11 is 0. The Morgan fingerprint density at radius 1 is 1.37 bits per heavy atom. The molecule has 27 heavy (non-hydrogen) atoms. The van der Waals surface area contributed by atoms with Crippen molar-refractivity contribution >= 4 is 29.7 Å². The van der Waals surface area contributed by atoms with E-state index in [0.717, 1.165) is 42.9 Å². The Bertz CT molecular complexity index is 829. The quantitative estimate of drug-likeness (QED) is 0.728. The van der Waals surface area contributed by atoms with Gasteiger partial charge in [0.05, 0.1) is 0 Å². The minimum absolute atomic E-state index is 0.194. The zero-order chi connectivity index (χ0) is 19.1. The molecule has 0 bridgehead atoms. The van der Waals surface area contributed by atoms with Gasteiger partial charge in [0.25, 0.3) is 5.91 Å². The molecule has 1 aliphatic rings. The van der Waals surface area contributed by atoms with Crippen LogP contribution in [0.2, 0.25) is 0 Å². The number of rotatable bonds is 4. The lowest BCUT2D eigenvalue weighted by atomic mass is 10.1. The van der Waals surface area contributed by atoms with Crippen LogP contribution in [0.5, 0.6) is 0 Å². The molecule has 1 aromatic carbocycles. The molecule has 0 saturated heterocycles. The first-order chi connectivity index (χ1) is 13.2. The lowest BCUT2D eigenvalue weighted by Gasteiger charge is -2.18. The van der Waals surface area contributed by atoms with Gasteiger partial charge in [-0.15, -0.1) is 0 Å². The molecular weight excluding hydrogens is 338 g/mol. The molecule has 0 fully saturated rings. The second-order valence-electron chi connectivity index (χ2n) is 6.66. The van der Waals surface area contributed by atoms with Crippen LogP contribution >= 0.6 is 0 Å². The normalized spacial score (nSPS) is 15.9. The van der Waals surface area contributed by atoms with Crippen LogP contribution in [0, 0.1) is 5.41 Å². The number of carbonyl (C=O) groups excluding carboxylic acids is 1. The van der Waals surface area contributed by atoms with Crippen molar-refractivity contribution in [2.24, 2.45) is 0 Å². The number of likely N-dealkylation sites (N-methyl/N-ethyl adjacent to an activating group) is 1. The summed E-state index contributed by atoms with van der Waals surface area (Å²) in [6, 6.07) is 9.15. The number of benzene rings is 1. The van der Waals surface area contributed by atoms with Crippen molar-refractivity contribution in [3.8, 4) is 0 Å². The van der Waals surface area contributed by atoms with Crippen molar-refractivity contribution in [2.75, 3.05) is 37.3 Å². The molecule has 0 unspecified atom stereocenters. The number of hydrogen-bond donors (Lipinski definition) is 3. The first-order valence-corrected chi connectivity index (χ1v) is 9.14. The van der Waals surface area contributed by atoms with E-state index in [4.69, 9.17) is 5.41 Å². The first kappa shape index (κ1) is 18.8. The van der Waals surface area contributed by atoms with Crippen molar-refractivity contribution in [1.29, 1.82) is 5.41 Å². The van der Waals surface area contributed by atoms with Gasteiger partial charge in [-0.1, -0.05) is 24.3 Å². The third-order valence-electron chi connectivity index (χ3n) is 4.48. The lowest BCUT2D eigenvalue weighted by Crippen LogP contribution is -2.22. The molecule has 6 heteroatoms. The second kappa shape index (κ2) is 9.09. The zero-order valence-electron chi connectivity index (χ0n) is 15.5. The van der Waals surface area contributed by atoms with Gasteiger partial charge >= 0.3 is 0 Å². The smallest absolute Gasteiger partial charge is 0.256 e. The largest absolute Gasteiger partial charge is 0.384 e. The highest BCUT2D eigenvalue weighted by Crippen LogP contribution is 2.21. The average molecular weight is 363 g/mol. The third kappa shape index (κ3) is 5.24. The van der Waals surface area contributed by atoms with E-state index in [1.54, 1.807) is 18.3 Å². The molecule has 0 spiro atoms. The lowest BCUT2D eigenvalue weighted by molar-refractivity contribution is 0.102. The fourth-order valence-corrected chi connectivity index (χ4v) is 2.94. The number of carbonyl (C=O) groups is 1. The van der Waals surface area contributed by atoms with Crippen molar-refractivity contribution in [3.63, 3.8) is 0 Å². The number of aromatic nitrogens is 1. The van der Waals surface area contributed by atoms with Crippen molar-refractivity contribution in [3.05, 3.63) is 59.3 Å². The van der Waals surface area contributed by atoms with Gasteiger partial charge in [0, 0.05) is 48.6 Å². The molecule has 1 aliphatic heterocycles. The Labute approximate surface area is 159 Å². The third-order valence-corrected chi connectivity index (χ3v) is 4.48. The fraction of sp³-hybridized carbons (Fsp3) is 0.286. The summed E-state index contributed by atoms with van der Waals surface area (Å²) in [5.41, 5.74) is 3.57. The minimum Gasteiger partial charge on any atom is -0.384 e. The Morgan fingerprint density at radius 2 is 2.19 bits per heavy atom. The van der Waals surface area contributed by atoms with Gasteiger partial charge in [-0.25, -0.2) is 4.98 Å². The van der Waals surface area contributed by atoms with E-state index in [-0.39, 0.29) is 5.91 Å². The van der Waals surface area contributed by atoms with Gasteiger partial charge < -0.3 is 20.9 Å². The number of nitrogens with one attached hydrogen (secondary N) is 3. The van der Waals surface area contributed by atoms with Gasteiger partial charge in [-0.3, -0.25) is 4.79 Å². The van der Waals surface area contributed by atoms with E-state index in [0.29, 0.717) is 17.8 Å². The van der Waals surface area contributed by atoms with Gasteiger partial charge in [-0.05, 0) is 43.9 Å². The first-order valence-electron chi connectivity index (χ1n) is 9.14. The second-order valence-corrected chi connectivity index (χ2v) is 6.66. The van der Waals surface area contributed by atoms with Crippen molar-refractivity contribution in [2.45, 2.75) is 12.8 Å². The highest BCUT2D eigenvalue weighted by atomic mass is 16.1. The molecule has 0 aliphatic carbocycles. The predicted molar refractivity (Wildman–Crippen MR) is 111 cm³/mol. The Hall–Kier alpha value is -2.99. The molecule has 140 valence electrons. The van der Waals surface area contributed by atoms with Gasteiger partial charge in [0.15, 0.2) is 0 Å². The monoisotopic (exact) mass is 363 g/mol. The van der Waals surface area contributed by atoms with E-state index < -0.39 is 0 Å². The van der Waals surface area contributed by atoms with Crippen LogP contribution in [-0.2, 0) is 6.42 Å². The molecule has 0 radical (unpaired) electrons. The molecule has 0 atom stereocenters. The highest BCUT2D eigenvalue weighted by Gasteiger charge is 2.10. The summed E-state index contributed by atoms with van der Waals surface area (Å²) in [6.45, 7) is 2.82. The Balaban J connectivity index is 1.73. The Kier molecular flexibility index (Phi) is 6.33. The molecule has 1 aromatic heterocycles. The average Bonchev–Trinajstić information content (AvgIpc) is 2.67. The molecule has 3 rings (SSSR count). The van der Waals surface area contributed by atoms with Crippen LogP contribution in [0.25, 0.3) is 6.08 Å². The number of amides is 1. The maximum absolute atomic E-state index is 12.5. The molecule has 2 aromatic rings. The molecular formula is C21H25N5O. The Morgan fingerprint density at radius 3 is 2.96 bits per heavy atom. The van der Waals surface area contributed by atoms with Gasteiger partial charge in [0.1, 0.15) is 5.82 Å². The standard InChI is InChI=1S/C21H25N5O/c1-26-12-2-4-18-15-24-20(14-19(18)23-11-3-13-26)25-21(27)17-7-5-16(6-8-17)9-10-22/h2,4-8,10,14-15,22-23H,3,9,11-13H2,1H3,(H,24,25,27)/b4-2+,22-10?. The number of pyridine rings is 1. The van der Waals surface area contributed by atoms with Crippen LogP contribution < -0.4 is 10.6 Å². The van der Waals surface area contributed by atoms with Gasteiger partial charge in [-0.2, -0.15) is 0 Å². The van der Waals surface area contributed by atoms with Crippen LogP contribution in [0.3, 0.4) is 0 Å². The molecule has 1 amide bonds. The summed E-state index contributed by atoms with van der Waals surface area (Å²) in [4.78, 5) is 19.1. The van der Waals surface area contributed by atoms with Crippen LogP contribution in [0.15, 0.2) is 42.6 Å². The van der Waals surface area contributed by atoms with Crippen LogP contribution in [-0.4, -0.2) is 48.7 Å². The number of anilines is 2. The zero-order valence-corrected chi connectivity index (χ0v) is 15.5. The molecule has 0 saturated carbocycles. The summed E-state index contributed by atoms with van der Waals surface area (Å²) in [5.74, 6) is 0.332. The van der Waals surface area contributed by atoms with E-state index in [2.05, 4.69) is 39.7 Å². The number of fused-ring (bicyclic) bond motifs is 1. The minimum atomic E-state index is -0.194.